The normalized spacial score (nSPS) is 32.7. The molecule has 2 aliphatic rings. The summed E-state index contributed by atoms with van der Waals surface area (Å²) in [5, 5.41) is 0. The van der Waals surface area contributed by atoms with Crippen LogP contribution in [0.3, 0.4) is 0 Å². The zero-order chi connectivity index (χ0) is 12.7. The zero-order valence-corrected chi connectivity index (χ0v) is 11.2. The number of carbonyl (C=O) groups excluding carboxylic acids is 1. The van der Waals surface area contributed by atoms with Gasteiger partial charge in [-0.25, -0.2) is 4.79 Å². The molecule has 1 heterocycles. The number of carbonyl (C=O) groups is 1. The molecule has 1 amide bonds. The third-order valence-corrected chi connectivity index (χ3v) is 3.93. The number of rotatable bonds is 1. The first-order chi connectivity index (χ1) is 7.86. The number of ether oxygens (including phenoxy) is 1. The second kappa shape index (κ2) is 4.16. The molecule has 2 rings (SSSR count). The van der Waals surface area contributed by atoms with Crippen LogP contribution in [0.5, 0.6) is 0 Å². The topological polar surface area (TPSA) is 55.6 Å². The molecular weight excluding hydrogens is 216 g/mol. The Balaban J connectivity index is 2.12. The molecule has 0 spiro atoms. The largest absolute Gasteiger partial charge is 0.444 e. The summed E-state index contributed by atoms with van der Waals surface area (Å²) in [6.45, 7) is 7.10. The first kappa shape index (κ1) is 12.7. The minimum absolute atomic E-state index is 0.120. The van der Waals surface area contributed by atoms with Crippen molar-refractivity contribution in [2.45, 2.75) is 57.6 Å². The highest BCUT2D eigenvalue weighted by Gasteiger charge is 2.50. The third-order valence-electron chi connectivity index (χ3n) is 3.93. The standard InChI is InChI=1S/C13H24N2O2/c1-12(2,3)17-11(16)15-8-10-5-4-6-13(15,7-10)9-14/h10H,4-9,14H2,1-3H3. The van der Waals surface area contributed by atoms with E-state index in [0.717, 1.165) is 19.4 Å². The Morgan fingerprint density at radius 1 is 1.53 bits per heavy atom. The Kier molecular flexibility index (Phi) is 3.10. The quantitative estimate of drug-likeness (QED) is 0.764. The van der Waals surface area contributed by atoms with Crippen molar-refractivity contribution in [2.75, 3.05) is 13.1 Å². The molecule has 17 heavy (non-hydrogen) atoms. The lowest BCUT2D eigenvalue weighted by Gasteiger charge is -2.39. The molecule has 2 bridgehead atoms. The second-order valence-corrected chi connectivity index (χ2v) is 6.48. The molecule has 0 radical (unpaired) electrons. The summed E-state index contributed by atoms with van der Waals surface area (Å²) in [6, 6.07) is 0. The van der Waals surface area contributed by atoms with Crippen LogP contribution in [0.15, 0.2) is 0 Å². The lowest BCUT2D eigenvalue weighted by Crippen LogP contribution is -2.53. The summed E-state index contributed by atoms with van der Waals surface area (Å²) in [5.41, 5.74) is 5.37. The summed E-state index contributed by atoms with van der Waals surface area (Å²) < 4.78 is 5.49. The molecule has 2 N–H and O–H groups in total. The van der Waals surface area contributed by atoms with E-state index >= 15 is 0 Å². The van der Waals surface area contributed by atoms with Crippen LogP contribution in [0.4, 0.5) is 4.79 Å². The van der Waals surface area contributed by atoms with Gasteiger partial charge in [0.15, 0.2) is 0 Å². The van der Waals surface area contributed by atoms with Crippen molar-refractivity contribution in [1.82, 2.24) is 4.90 Å². The number of hydrogen-bond acceptors (Lipinski definition) is 3. The number of amides is 1. The second-order valence-electron chi connectivity index (χ2n) is 6.48. The third kappa shape index (κ3) is 2.41. The van der Waals surface area contributed by atoms with Gasteiger partial charge in [0.1, 0.15) is 5.60 Å². The molecule has 2 fully saturated rings. The fraction of sp³-hybridized carbons (Fsp3) is 0.923. The van der Waals surface area contributed by atoms with Gasteiger partial charge >= 0.3 is 6.09 Å². The Labute approximate surface area is 103 Å². The van der Waals surface area contributed by atoms with E-state index < -0.39 is 5.60 Å². The molecule has 0 aromatic heterocycles. The van der Waals surface area contributed by atoms with Crippen molar-refractivity contribution in [3.05, 3.63) is 0 Å². The Bertz CT molecular complexity index is 311. The van der Waals surface area contributed by atoms with Crippen LogP contribution < -0.4 is 5.73 Å². The molecule has 4 heteroatoms. The maximum absolute atomic E-state index is 12.2. The van der Waals surface area contributed by atoms with Gasteiger partial charge < -0.3 is 15.4 Å². The van der Waals surface area contributed by atoms with Crippen LogP contribution >= 0.6 is 0 Å². The fourth-order valence-corrected chi connectivity index (χ4v) is 3.19. The zero-order valence-electron chi connectivity index (χ0n) is 11.2. The predicted molar refractivity (Wildman–Crippen MR) is 66.7 cm³/mol. The summed E-state index contributed by atoms with van der Waals surface area (Å²) in [4.78, 5) is 14.1. The van der Waals surface area contributed by atoms with Crippen LogP contribution in [0.2, 0.25) is 0 Å². The van der Waals surface area contributed by atoms with E-state index in [1.54, 1.807) is 0 Å². The van der Waals surface area contributed by atoms with Crippen molar-refractivity contribution in [3.8, 4) is 0 Å². The highest BCUT2D eigenvalue weighted by molar-refractivity contribution is 5.70. The molecule has 0 aromatic rings. The minimum Gasteiger partial charge on any atom is -0.444 e. The minimum atomic E-state index is -0.427. The average Bonchev–Trinajstić information content (AvgIpc) is 2.48. The summed E-state index contributed by atoms with van der Waals surface area (Å²) in [6.07, 6.45) is 4.30. The molecule has 2 atom stereocenters. The van der Waals surface area contributed by atoms with Gasteiger partial charge in [-0.05, 0) is 46.0 Å². The highest BCUT2D eigenvalue weighted by atomic mass is 16.6. The SMILES string of the molecule is CC(C)(C)OC(=O)N1CC2CCCC1(CN)C2. The Morgan fingerprint density at radius 3 is 2.82 bits per heavy atom. The molecule has 1 saturated carbocycles. The van der Waals surface area contributed by atoms with Crippen molar-refractivity contribution < 1.29 is 9.53 Å². The molecule has 1 aliphatic heterocycles. The molecular formula is C13H24N2O2. The lowest BCUT2D eigenvalue weighted by molar-refractivity contribution is 0.00792. The summed E-state index contributed by atoms with van der Waals surface area (Å²) >= 11 is 0. The van der Waals surface area contributed by atoms with Crippen LogP contribution in [0.1, 0.15) is 46.5 Å². The van der Waals surface area contributed by atoms with Crippen LogP contribution in [-0.4, -0.2) is 35.2 Å². The van der Waals surface area contributed by atoms with Gasteiger partial charge in [-0.15, -0.1) is 0 Å². The van der Waals surface area contributed by atoms with E-state index in [9.17, 15) is 4.79 Å². The molecule has 1 saturated heterocycles. The van der Waals surface area contributed by atoms with Crippen molar-refractivity contribution in [3.63, 3.8) is 0 Å². The number of nitrogens with zero attached hydrogens (tertiary/aromatic N) is 1. The van der Waals surface area contributed by atoms with Gasteiger partial charge in [0.25, 0.3) is 0 Å². The first-order valence-electron chi connectivity index (χ1n) is 6.57. The number of nitrogens with two attached hydrogens (primary N) is 1. The van der Waals surface area contributed by atoms with Gasteiger partial charge in [-0.3, -0.25) is 0 Å². The van der Waals surface area contributed by atoms with E-state index in [0.29, 0.717) is 12.5 Å². The van der Waals surface area contributed by atoms with E-state index in [1.165, 1.54) is 12.8 Å². The Morgan fingerprint density at radius 2 is 2.24 bits per heavy atom. The number of fused-ring (bicyclic) bond motifs is 2. The maximum Gasteiger partial charge on any atom is 0.410 e. The van der Waals surface area contributed by atoms with Gasteiger partial charge in [0.05, 0.1) is 5.54 Å². The van der Waals surface area contributed by atoms with Gasteiger partial charge in [0, 0.05) is 13.1 Å². The van der Waals surface area contributed by atoms with E-state index in [4.69, 9.17) is 10.5 Å². The van der Waals surface area contributed by atoms with Crippen LogP contribution in [-0.2, 0) is 4.74 Å². The first-order valence-corrected chi connectivity index (χ1v) is 6.57. The average molecular weight is 240 g/mol. The molecule has 0 aromatic carbocycles. The summed E-state index contributed by atoms with van der Waals surface area (Å²) in [5.74, 6) is 0.625. The fourth-order valence-electron chi connectivity index (χ4n) is 3.19. The molecule has 1 aliphatic carbocycles. The van der Waals surface area contributed by atoms with Gasteiger partial charge in [0.2, 0.25) is 0 Å². The molecule has 4 nitrogen and oxygen atoms in total. The van der Waals surface area contributed by atoms with E-state index in [2.05, 4.69) is 0 Å². The van der Waals surface area contributed by atoms with Crippen molar-refractivity contribution in [1.29, 1.82) is 0 Å². The monoisotopic (exact) mass is 240 g/mol. The van der Waals surface area contributed by atoms with Crippen LogP contribution in [0, 0.1) is 5.92 Å². The smallest absolute Gasteiger partial charge is 0.410 e. The van der Waals surface area contributed by atoms with Gasteiger partial charge in [-0.1, -0.05) is 6.42 Å². The predicted octanol–water partition coefficient (Wildman–Crippen LogP) is 2.12. The number of hydrogen-bond donors (Lipinski definition) is 1. The summed E-state index contributed by atoms with van der Waals surface area (Å²) in [7, 11) is 0. The molecule has 2 unspecified atom stereocenters. The Hall–Kier alpha value is -0.770. The number of likely N-dealkylation sites (tertiary alicyclic amines) is 1. The van der Waals surface area contributed by atoms with Crippen molar-refractivity contribution >= 4 is 6.09 Å². The van der Waals surface area contributed by atoms with Crippen molar-refractivity contribution in [2.24, 2.45) is 11.7 Å². The lowest BCUT2D eigenvalue weighted by atomic mass is 9.80. The van der Waals surface area contributed by atoms with Gasteiger partial charge in [-0.2, -0.15) is 0 Å². The van der Waals surface area contributed by atoms with E-state index in [-0.39, 0.29) is 11.6 Å². The maximum atomic E-state index is 12.2. The van der Waals surface area contributed by atoms with Crippen LogP contribution in [0.25, 0.3) is 0 Å². The highest BCUT2D eigenvalue weighted by Crippen LogP contribution is 2.43. The molecule has 98 valence electrons. The van der Waals surface area contributed by atoms with E-state index in [1.807, 2.05) is 25.7 Å².